The molecule has 0 aromatic heterocycles. The molecule has 0 saturated carbocycles. The molecular formula is C13H17FN2O3. The number of hydrogen-bond donors (Lipinski definition) is 2. The number of nitrogens with one attached hydrogen (secondary N) is 1. The van der Waals surface area contributed by atoms with Crippen LogP contribution in [0.3, 0.4) is 0 Å². The summed E-state index contributed by atoms with van der Waals surface area (Å²) in [4.78, 5) is 13.6. The molecule has 0 aliphatic carbocycles. The maximum absolute atomic E-state index is 13.4. The monoisotopic (exact) mass is 268 g/mol. The second-order valence-electron chi connectivity index (χ2n) is 4.57. The molecule has 2 atom stereocenters. The molecule has 6 heteroatoms. The smallest absolute Gasteiger partial charge is 0.322 e. The van der Waals surface area contributed by atoms with Gasteiger partial charge in [0.1, 0.15) is 5.82 Å². The molecule has 1 aromatic rings. The number of halogens is 1. The van der Waals surface area contributed by atoms with Crippen molar-refractivity contribution in [2.45, 2.75) is 19.1 Å². The highest BCUT2D eigenvalue weighted by Gasteiger charge is 2.28. The van der Waals surface area contributed by atoms with Crippen LogP contribution >= 0.6 is 0 Å². The third kappa shape index (κ3) is 3.42. The molecule has 19 heavy (non-hydrogen) atoms. The minimum atomic E-state index is -0.476. The fourth-order valence-corrected chi connectivity index (χ4v) is 2.07. The zero-order chi connectivity index (χ0) is 13.8. The molecule has 1 aliphatic heterocycles. The number of carbonyl (C=O) groups excluding carboxylic acids is 1. The van der Waals surface area contributed by atoms with Crippen LogP contribution in [0.4, 0.5) is 14.9 Å². The highest BCUT2D eigenvalue weighted by molar-refractivity contribution is 5.89. The second-order valence-corrected chi connectivity index (χ2v) is 4.57. The third-order valence-electron chi connectivity index (χ3n) is 2.93. The molecule has 2 unspecified atom stereocenters. The number of anilines is 1. The number of nitrogens with zero attached hydrogens (tertiary/aromatic N) is 1. The lowest BCUT2D eigenvalue weighted by Gasteiger charge is -2.36. The van der Waals surface area contributed by atoms with Crippen LogP contribution in [-0.2, 0) is 4.74 Å². The van der Waals surface area contributed by atoms with Gasteiger partial charge >= 0.3 is 6.03 Å². The summed E-state index contributed by atoms with van der Waals surface area (Å²) in [6.07, 6.45) is -0.549. The van der Waals surface area contributed by atoms with E-state index >= 15 is 0 Å². The van der Waals surface area contributed by atoms with Crippen molar-refractivity contribution in [2.75, 3.05) is 25.0 Å². The molecule has 2 N–H and O–H groups in total. The number of benzene rings is 1. The summed E-state index contributed by atoms with van der Waals surface area (Å²) in [5.41, 5.74) is 0.146. The quantitative estimate of drug-likeness (QED) is 0.853. The van der Waals surface area contributed by atoms with Gasteiger partial charge in [-0.05, 0) is 19.1 Å². The molecule has 5 nitrogen and oxygen atoms in total. The van der Waals surface area contributed by atoms with Crippen LogP contribution in [0, 0.1) is 5.82 Å². The summed E-state index contributed by atoms with van der Waals surface area (Å²) >= 11 is 0. The van der Waals surface area contributed by atoms with Gasteiger partial charge in [0.25, 0.3) is 0 Å². The predicted octanol–water partition coefficient (Wildman–Crippen LogP) is 1.44. The normalized spacial score (nSPS) is 23.2. The average Bonchev–Trinajstić information content (AvgIpc) is 2.40. The first-order chi connectivity index (χ1) is 9.10. The second kappa shape index (κ2) is 5.99. The minimum absolute atomic E-state index is 0.145. The first-order valence-electron chi connectivity index (χ1n) is 6.17. The largest absolute Gasteiger partial charge is 0.394 e. The van der Waals surface area contributed by atoms with Crippen molar-refractivity contribution in [2.24, 2.45) is 0 Å². The number of hydrogen-bond acceptors (Lipinski definition) is 3. The molecule has 1 saturated heterocycles. The van der Waals surface area contributed by atoms with Crippen LogP contribution in [0.15, 0.2) is 24.3 Å². The van der Waals surface area contributed by atoms with E-state index in [0.29, 0.717) is 13.1 Å². The maximum Gasteiger partial charge on any atom is 0.322 e. The van der Waals surface area contributed by atoms with Crippen LogP contribution in [0.1, 0.15) is 6.92 Å². The Morgan fingerprint density at radius 3 is 2.95 bits per heavy atom. The third-order valence-corrected chi connectivity index (χ3v) is 2.93. The van der Waals surface area contributed by atoms with Gasteiger partial charge in [0.15, 0.2) is 0 Å². The van der Waals surface area contributed by atoms with Gasteiger partial charge in [0.2, 0.25) is 0 Å². The lowest BCUT2D eigenvalue weighted by atomic mass is 10.2. The summed E-state index contributed by atoms with van der Waals surface area (Å²) in [5, 5.41) is 11.6. The van der Waals surface area contributed by atoms with Crippen molar-refractivity contribution in [3.63, 3.8) is 0 Å². The number of carbonyl (C=O) groups is 1. The van der Waals surface area contributed by atoms with Crippen molar-refractivity contribution in [1.29, 1.82) is 0 Å². The van der Waals surface area contributed by atoms with Gasteiger partial charge in [-0.2, -0.15) is 0 Å². The molecule has 1 heterocycles. The number of urea groups is 1. The summed E-state index contributed by atoms with van der Waals surface area (Å²) < 4.78 is 18.9. The van der Waals surface area contributed by atoms with E-state index in [1.165, 1.54) is 17.0 Å². The van der Waals surface area contributed by atoms with E-state index in [4.69, 9.17) is 9.84 Å². The van der Waals surface area contributed by atoms with E-state index in [9.17, 15) is 9.18 Å². The SMILES string of the molecule is CC1CN(C(=O)Nc2ccccc2F)CC(CO)O1. The number of rotatable bonds is 2. The standard InChI is InChI=1S/C13H17FN2O3/c1-9-6-16(7-10(8-17)19-9)13(18)15-12-5-3-2-4-11(12)14/h2-5,9-10,17H,6-8H2,1H3,(H,15,18). The molecule has 1 fully saturated rings. The Bertz CT molecular complexity index is 455. The maximum atomic E-state index is 13.4. The zero-order valence-corrected chi connectivity index (χ0v) is 10.7. The van der Waals surface area contributed by atoms with Crippen LogP contribution < -0.4 is 5.32 Å². The summed E-state index contributed by atoms with van der Waals surface area (Å²) in [6, 6.07) is 5.61. The van der Waals surface area contributed by atoms with Crippen LogP contribution in [0.5, 0.6) is 0 Å². The highest BCUT2D eigenvalue weighted by Crippen LogP contribution is 2.16. The van der Waals surface area contributed by atoms with Crippen molar-refractivity contribution in [1.82, 2.24) is 4.90 Å². The number of para-hydroxylation sites is 1. The summed E-state index contributed by atoms with van der Waals surface area (Å²) in [6.45, 7) is 2.39. The fourth-order valence-electron chi connectivity index (χ4n) is 2.07. The molecule has 2 amide bonds. The lowest BCUT2D eigenvalue weighted by Crippen LogP contribution is -2.51. The van der Waals surface area contributed by atoms with E-state index in [2.05, 4.69) is 5.32 Å². The van der Waals surface area contributed by atoms with E-state index in [-0.39, 0.29) is 18.4 Å². The van der Waals surface area contributed by atoms with Gasteiger partial charge in [-0.25, -0.2) is 9.18 Å². The number of aliphatic hydroxyl groups excluding tert-OH is 1. The minimum Gasteiger partial charge on any atom is -0.394 e. The van der Waals surface area contributed by atoms with Crippen LogP contribution in [0.2, 0.25) is 0 Å². The molecular weight excluding hydrogens is 251 g/mol. The van der Waals surface area contributed by atoms with Gasteiger partial charge < -0.3 is 20.1 Å². The molecule has 2 rings (SSSR count). The van der Waals surface area contributed by atoms with Gasteiger partial charge in [-0.3, -0.25) is 0 Å². The van der Waals surface area contributed by atoms with Crippen LogP contribution in [0.25, 0.3) is 0 Å². The topological polar surface area (TPSA) is 61.8 Å². The van der Waals surface area contributed by atoms with Gasteiger partial charge in [0, 0.05) is 6.54 Å². The molecule has 0 bridgehead atoms. The number of amides is 2. The van der Waals surface area contributed by atoms with Gasteiger partial charge in [-0.1, -0.05) is 12.1 Å². The molecule has 0 radical (unpaired) electrons. The Labute approximate surface area is 111 Å². The number of aliphatic hydroxyl groups is 1. The first-order valence-corrected chi connectivity index (χ1v) is 6.17. The first kappa shape index (κ1) is 13.8. The molecule has 0 spiro atoms. The van der Waals surface area contributed by atoms with E-state index in [1.807, 2.05) is 6.92 Å². The van der Waals surface area contributed by atoms with E-state index in [1.54, 1.807) is 12.1 Å². The predicted molar refractivity (Wildman–Crippen MR) is 68.4 cm³/mol. The van der Waals surface area contributed by atoms with Gasteiger partial charge in [0.05, 0.1) is 31.0 Å². The summed E-state index contributed by atoms with van der Waals surface area (Å²) in [5.74, 6) is -0.476. The van der Waals surface area contributed by atoms with Crippen LogP contribution in [-0.4, -0.2) is 47.9 Å². The Balaban J connectivity index is 2.01. The Kier molecular flexibility index (Phi) is 4.34. The Morgan fingerprint density at radius 2 is 2.26 bits per heavy atom. The molecule has 1 aliphatic rings. The Morgan fingerprint density at radius 1 is 1.53 bits per heavy atom. The van der Waals surface area contributed by atoms with Crippen molar-refractivity contribution in [3.8, 4) is 0 Å². The number of morpholine rings is 1. The van der Waals surface area contributed by atoms with E-state index < -0.39 is 18.0 Å². The summed E-state index contributed by atoms with van der Waals surface area (Å²) in [7, 11) is 0. The fraction of sp³-hybridized carbons (Fsp3) is 0.462. The van der Waals surface area contributed by atoms with Crippen molar-refractivity contribution < 1.29 is 19.0 Å². The highest BCUT2D eigenvalue weighted by atomic mass is 19.1. The lowest BCUT2D eigenvalue weighted by molar-refractivity contribution is -0.0822. The zero-order valence-electron chi connectivity index (χ0n) is 10.7. The number of ether oxygens (including phenoxy) is 1. The van der Waals surface area contributed by atoms with E-state index in [0.717, 1.165) is 0 Å². The van der Waals surface area contributed by atoms with Crippen molar-refractivity contribution in [3.05, 3.63) is 30.1 Å². The van der Waals surface area contributed by atoms with Gasteiger partial charge in [-0.15, -0.1) is 0 Å². The Hall–Kier alpha value is -1.66. The average molecular weight is 268 g/mol. The molecule has 1 aromatic carbocycles. The van der Waals surface area contributed by atoms with Crippen molar-refractivity contribution >= 4 is 11.7 Å². The molecule has 104 valence electrons.